The number of carbonyl (C=O) groups excluding carboxylic acids is 2. The zero-order chi connectivity index (χ0) is 7.44. The van der Waals surface area contributed by atoms with E-state index >= 15 is 0 Å². The number of carbonyl (C=O) groups is 2. The lowest BCUT2D eigenvalue weighted by atomic mass is 10.6. The van der Waals surface area contributed by atoms with Gasteiger partial charge in [-0.3, -0.25) is 13.5 Å². The molecule has 0 saturated heterocycles. The lowest BCUT2D eigenvalue weighted by molar-refractivity contribution is -0.127. The second-order valence-corrected chi connectivity index (χ2v) is 2.36. The highest BCUT2D eigenvalue weighted by Gasteiger charge is 2.05. The molecule has 0 fully saturated rings. The SMILES string of the molecule is CC(=O)N(Br)CC(N)=O. The third kappa shape index (κ3) is 3.96. The van der Waals surface area contributed by atoms with Crippen LogP contribution in [0.2, 0.25) is 0 Å². The molecule has 2 amide bonds. The van der Waals surface area contributed by atoms with Crippen LogP contribution in [0, 0.1) is 0 Å². The van der Waals surface area contributed by atoms with Crippen molar-refractivity contribution in [1.82, 2.24) is 3.93 Å². The summed E-state index contributed by atoms with van der Waals surface area (Å²) in [5.74, 6) is -0.782. The van der Waals surface area contributed by atoms with Crippen LogP contribution < -0.4 is 5.73 Å². The second-order valence-electron chi connectivity index (χ2n) is 1.51. The summed E-state index contributed by atoms with van der Waals surface area (Å²) in [4.78, 5) is 20.5. The lowest BCUT2D eigenvalue weighted by Gasteiger charge is -2.07. The number of hydrogen-bond donors (Lipinski definition) is 1. The van der Waals surface area contributed by atoms with Gasteiger partial charge in [-0.05, 0) is 0 Å². The standard InChI is InChI=1S/C4H7BrN2O2/c1-3(8)7(5)2-4(6)9/h2H2,1H3,(H2,6,9). The number of nitrogens with zero attached hydrogens (tertiary/aromatic N) is 1. The van der Waals surface area contributed by atoms with Crippen molar-refractivity contribution in [3.8, 4) is 0 Å². The Balaban J connectivity index is 3.63. The van der Waals surface area contributed by atoms with Gasteiger partial charge in [0, 0.05) is 6.92 Å². The van der Waals surface area contributed by atoms with E-state index in [2.05, 4.69) is 16.1 Å². The first-order valence-electron chi connectivity index (χ1n) is 2.26. The quantitative estimate of drug-likeness (QED) is 0.611. The van der Waals surface area contributed by atoms with Crippen molar-refractivity contribution in [2.45, 2.75) is 6.92 Å². The Kier molecular flexibility index (Phi) is 3.22. The predicted molar refractivity (Wildman–Crippen MR) is 35.5 cm³/mol. The molecule has 4 nitrogen and oxygen atoms in total. The molecular weight excluding hydrogens is 188 g/mol. The third-order valence-electron chi connectivity index (χ3n) is 0.636. The molecule has 0 heterocycles. The molecule has 9 heavy (non-hydrogen) atoms. The molecule has 0 unspecified atom stereocenters. The number of primary amides is 1. The number of nitrogens with two attached hydrogens (primary N) is 1. The molecule has 0 aliphatic rings. The minimum atomic E-state index is -0.540. The summed E-state index contributed by atoms with van der Waals surface area (Å²) >= 11 is 2.83. The summed E-state index contributed by atoms with van der Waals surface area (Å²) in [6.07, 6.45) is 0. The monoisotopic (exact) mass is 194 g/mol. The summed E-state index contributed by atoms with van der Waals surface area (Å²) in [5.41, 5.74) is 4.77. The van der Waals surface area contributed by atoms with Gasteiger partial charge in [0.25, 0.3) is 0 Å². The van der Waals surface area contributed by atoms with Crippen LogP contribution in [0.4, 0.5) is 0 Å². The van der Waals surface area contributed by atoms with Crippen LogP contribution in [0.1, 0.15) is 6.92 Å². The maximum absolute atomic E-state index is 10.4. The van der Waals surface area contributed by atoms with Crippen LogP contribution in [-0.2, 0) is 9.59 Å². The zero-order valence-corrected chi connectivity index (χ0v) is 6.51. The Morgan fingerprint density at radius 2 is 2.11 bits per heavy atom. The highest BCUT2D eigenvalue weighted by molar-refractivity contribution is 9.07. The summed E-state index contributed by atoms with van der Waals surface area (Å²) in [5, 5.41) is 0. The van der Waals surface area contributed by atoms with Crippen molar-refractivity contribution < 1.29 is 9.59 Å². The average molecular weight is 195 g/mol. The van der Waals surface area contributed by atoms with E-state index < -0.39 is 5.91 Å². The van der Waals surface area contributed by atoms with Crippen LogP contribution in [0.3, 0.4) is 0 Å². The molecule has 0 bridgehead atoms. The summed E-state index contributed by atoms with van der Waals surface area (Å²) in [6.45, 7) is 1.24. The van der Waals surface area contributed by atoms with Crippen LogP contribution in [0.5, 0.6) is 0 Å². The topological polar surface area (TPSA) is 63.4 Å². The van der Waals surface area contributed by atoms with E-state index in [1.807, 2.05) is 0 Å². The van der Waals surface area contributed by atoms with Crippen molar-refractivity contribution in [2.24, 2.45) is 5.73 Å². The van der Waals surface area contributed by atoms with E-state index in [-0.39, 0.29) is 12.5 Å². The zero-order valence-electron chi connectivity index (χ0n) is 4.93. The van der Waals surface area contributed by atoms with Gasteiger partial charge < -0.3 is 5.73 Å². The molecule has 0 rings (SSSR count). The van der Waals surface area contributed by atoms with Gasteiger partial charge in [-0.25, -0.2) is 0 Å². The van der Waals surface area contributed by atoms with E-state index in [1.165, 1.54) is 6.92 Å². The van der Waals surface area contributed by atoms with E-state index in [1.54, 1.807) is 0 Å². The van der Waals surface area contributed by atoms with E-state index in [0.29, 0.717) is 0 Å². The second kappa shape index (κ2) is 3.45. The number of amides is 2. The first-order valence-corrected chi connectivity index (χ1v) is 2.97. The first-order chi connectivity index (χ1) is 4.04. The maximum Gasteiger partial charge on any atom is 0.238 e. The van der Waals surface area contributed by atoms with Crippen molar-refractivity contribution in [1.29, 1.82) is 0 Å². The molecule has 0 spiro atoms. The molecule has 5 heteroatoms. The Labute approximate surface area is 61.3 Å². The number of hydrogen-bond acceptors (Lipinski definition) is 2. The van der Waals surface area contributed by atoms with Crippen LogP contribution in [0.25, 0.3) is 0 Å². The fraction of sp³-hybridized carbons (Fsp3) is 0.500. The summed E-state index contributed by atoms with van der Waals surface area (Å²) in [6, 6.07) is 0. The third-order valence-corrected chi connectivity index (χ3v) is 1.39. The Morgan fingerprint density at radius 3 is 2.22 bits per heavy atom. The van der Waals surface area contributed by atoms with Gasteiger partial charge in [-0.2, -0.15) is 0 Å². The first kappa shape index (κ1) is 8.42. The largest absolute Gasteiger partial charge is 0.368 e. The minimum Gasteiger partial charge on any atom is -0.368 e. The molecule has 0 aliphatic carbocycles. The average Bonchev–Trinajstić information content (AvgIpc) is 1.63. The molecule has 52 valence electrons. The predicted octanol–water partition coefficient (Wildman–Crippen LogP) is -0.370. The van der Waals surface area contributed by atoms with Gasteiger partial charge in [0.15, 0.2) is 0 Å². The van der Waals surface area contributed by atoms with Crippen molar-refractivity contribution in [3.05, 3.63) is 0 Å². The van der Waals surface area contributed by atoms with Crippen molar-refractivity contribution >= 4 is 28.0 Å². The van der Waals surface area contributed by atoms with Gasteiger partial charge in [-0.15, -0.1) is 0 Å². The molecule has 0 aromatic carbocycles. The Bertz CT molecular complexity index is 137. The molecule has 0 radical (unpaired) electrons. The molecule has 0 aliphatic heterocycles. The molecule has 0 atom stereocenters. The fourth-order valence-corrected chi connectivity index (χ4v) is 0.495. The molecule has 0 aromatic heterocycles. The smallest absolute Gasteiger partial charge is 0.238 e. The minimum absolute atomic E-state index is 0.0880. The number of halogens is 1. The van der Waals surface area contributed by atoms with Gasteiger partial charge in [-0.1, -0.05) is 0 Å². The summed E-state index contributed by atoms with van der Waals surface area (Å²) < 4.78 is 1.06. The van der Waals surface area contributed by atoms with Crippen LogP contribution in [-0.4, -0.2) is 22.3 Å². The van der Waals surface area contributed by atoms with Gasteiger partial charge in [0.2, 0.25) is 11.8 Å². The van der Waals surface area contributed by atoms with E-state index in [9.17, 15) is 9.59 Å². The molecule has 2 N–H and O–H groups in total. The normalized spacial score (nSPS) is 8.67. The highest BCUT2D eigenvalue weighted by atomic mass is 79.9. The van der Waals surface area contributed by atoms with Crippen molar-refractivity contribution in [3.63, 3.8) is 0 Å². The maximum atomic E-state index is 10.4. The molecule has 0 saturated carbocycles. The fourth-order valence-electron chi connectivity index (χ4n) is 0.248. The van der Waals surface area contributed by atoms with E-state index in [0.717, 1.165) is 3.93 Å². The lowest BCUT2D eigenvalue weighted by Crippen LogP contribution is -2.29. The molecular formula is C4H7BrN2O2. The van der Waals surface area contributed by atoms with Gasteiger partial charge in [0.05, 0.1) is 16.1 Å². The Hall–Kier alpha value is -0.580. The van der Waals surface area contributed by atoms with Gasteiger partial charge >= 0.3 is 0 Å². The molecule has 0 aromatic rings. The Morgan fingerprint density at radius 1 is 1.67 bits per heavy atom. The van der Waals surface area contributed by atoms with Crippen molar-refractivity contribution in [2.75, 3.05) is 6.54 Å². The van der Waals surface area contributed by atoms with Crippen LogP contribution in [0.15, 0.2) is 0 Å². The van der Waals surface area contributed by atoms with Gasteiger partial charge in [0.1, 0.15) is 6.54 Å². The van der Waals surface area contributed by atoms with E-state index in [4.69, 9.17) is 5.73 Å². The van der Waals surface area contributed by atoms with Crippen LogP contribution >= 0.6 is 16.1 Å². The summed E-state index contributed by atoms with van der Waals surface area (Å²) in [7, 11) is 0. The number of rotatable bonds is 2. The highest BCUT2D eigenvalue weighted by Crippen LogP contribution is 1.95.